The quantitative estimate of drug-likeness (QED) is 0.418. The van der Waals surface area contributed by atoms with Crippen LogP contribution in [0.3, 0.4) is 0 Å². The second kappa shape index (κ2) is 8.93. The van der Waals surface area contributed by atoms with Crippen molar-refractivity contribution in [3.8, 4) is 0 Å². The predicted octanol–water partition coefficient (Wildman–Crippen LogP) is 1.79. The van der Waals surface area contributed by atoms with Crippen molar-refractivity contribution in [3.05, 3.63) is 53.7 Å². The van der Waals surface area contributed by atoms with E-state index in [1.807, 2.05) is 23.1 Å². The summed E-state index contributed by atoms with van der Waals surface area (Å²) in [6.07, 6.45) is 3.01. The van der Waals surface area contributed by atoms with E-state index in [4.69, 9.17) is 11.1 Å². The summed E-state index contributed by atoms with van der Waals surface area (Å²) < 4.78 is 23.1. The molecule has 0 amide bonds. The van der Waals surface area contributed by atoms with Gasteiger partial charge in [-0.3, -0.25) is 10.3 Å². The van der Waals surface area contributed by atoms with Crippen molar-refractivity contribution in [1.82, 2.24) is 14.8 Å². The van der Waals surface area contributed by atoms with E-state index in [1.54, 1.807) is 30.1 Å². The van der Waals surface area contributed by atoms with E-state index >= 15 is 0 Å². The molecule has 2 heterocycles. The fourth-order valence-corrected chi connectivity index (χ4v) is 4.63. The van der Waals surface area contributed by atoms with Gasteiger partial charge in [0.05, 0.1) is 4.90 Å². The van der Waals surface area contributed by atoms with Crippen LogP contribution in [0.25, 0.3) is 0 Å². The Kier molecular flexibility index (Phi) is 6.58. The SMILES string of the molecule is CS(=O)(=O)c1ccc(CSc2ncccc2CN2CCN(C(=N)N)CC2)cc1. The molecular weight excluding hydrogens is 394 g/mol. The van der Waals surface area contributed by atoms with E-state index in [2.05, 4.69) is 16.0 Å². The molecule has 28 heavy (non-hydrogen) atoms. The molecule has 1 aliphatic heterocycles. The maximum Gasteiger partial charge on any atom is 0.188 e. The summed E-state index contributed by atoms with van der Waals surface area (Å²) in [4.78, 5) is 9.11. The highest BCUT2D eigenvalue weighted by molar-refractivity contribution is 7.98. The highest BCUT2D eigenvalue weighted by Gasteiger charge is 2.19. The molecule has 3 rings (SSSR count). The third kappa shape index (κ3) is 5.46. The van der Waals surface area contributed by atoms with Gasteiger partial charge in [-0.2, -0.15) is 0 Å². The van der Waals surface area contributed by atoms with Crippen molar-refractivity contribution in [2.45, 2.75) is 22.2 Å². The zero-order valence-electron chi connectivity index (χ0n) is 15.8. The van der Waals surface area contributed by atoms with Gasteiger partial charge in [0.15, 0.2) is 15.8 Å². The fraction of sp³-hybridized carbons (Fsp3) is 0.368. The summed E-state index contributed by atoms with van der Waals surface area (Å²) in [7, 11) is -3.17. The Morgan fingerprint density at radius 3 is 2.46 bits per heavy atom. The van der Waals surface area contributed by atoms with Crippen LogP contribution in [0.4, 0.5) is 0 Å². The van der Waals surface area contributed by atoms with Crippen LogP contribution < -0.4 is 5.73 Å². The van der Waals surface area contributed by atoms with Crippen LogP contribution in [0.5, 0.6) is 0 Å². The van der Waals surface area contributed by atoms with Gasteiger partial charge in [0, 0.05) is 50.9 Å². The number of pyridine rings is 1. The number of benzene rings is 1. The minimum Gasteiger partial charge on any atom is -0.370 e. The molecule has 0 saturated carbocycles. The van der Waals surface area contributed by atoms with Gasteiger partial charge in [-0.25, -0.2) is 13.4 Å². The molecule has 0 aliphatic carbocycles. The molecular formula is C19H25N5O2S2. The first-order valence-corrected chi connectivity index (χ1v) is 11.9. The van der Waals surface area contributed by atoms with Gasteiger partial charge in [-0.05, 0) is 29.3 Å². The molecule has 1 aromatic carbocycles. The number of guanidine groups is 1. The molecule has 0 bridgehead atoms. The van der Waals surface area contributed by atoms with Gasteiger partial charge in [0.25, 0.3) is 0 Å². The highest BCUT2D eigenvalue weighted by atomic mass is 32.2. The Morgan fingerprint density at radius 1 is 1.18 bits per heavy atom. The molecule has 9 heteroatoms. The van der Waals surface area contributed by atoms with Crippen LogP contribution in [0, 0.1) is 5.41 Å². The molecule has 0 radical (unpaired) electrons. The minimum atomic E-state index is -3.17. The van der Waals surface area contributed by atoms with Gasteiger partial charge in [-0.15, -0.1) is 11.8 Å². The molecule has 2 aromatic rings. The maximum absolute atomic E-state index is 11.6. The Labute approximate surface area is 170 Å². The number of nitrogens with one attached hydrogen (secondary N) is 1. The van der Waals surface area contributed by atoms with E-state index in [-0.39, 0.29) is 5.96 Å². The minimum absolute atomic E-state index is 0.138. The lowest BCUT2D eigenvalue weighted by Crippen LogP contribution is -2.50. The number of hydrogen-bond acceptors (Lipinski definition) is 6. The number of aromatic nitrogens is 1. The lowest BCUT2D eigenvalue weighted by atomic mass is 10.2. The molecule has 1 fully saturated rings. The Hall–Kier alpha value is -2.10. The average molecular weight is 420 g/mol. The molecule has 0 unspecified atom stereocenters. The van der Waals surface area contributed by atoms with Crippen LogP contribution >= 0.6 is 11.8 Å². The lowest BCUT2D eigenvalue weighted by Gasteiger charge is -2.35. The van der Waals surface area contributed by atoms with Crippen molar-refractivity contribution in [1.29, 1.82) is 5.41 Å². The summed E-state index contributed by atoms with van der Waals surface area (Å²) in [5.74, 6) is 0.866. The smallest absolute Gasteiger partial charge is 0.188 e. The second-order valence-electron chi connectivity index (χ2n) is 6.82. The molecule has 3 N–H and O–H groups in total. The molecule has 0 spiro atoms. The topological polar surface area (TPSA) is 103 Å². The van der Waals surface area contributed by atoms with Crippen molar-refractivity contribution < 1.29 is 8.42 Å². The summed E-state index contributed by atoms with van der Waals surface area (Å²) in [6.45, 7) is 4.08. The zero-order chi connectivity index (χ0) is 20.1. The number of hydrogen-bond donors (Lipinski definition) is 2. The number of thioether (sulfide) groups is 1. The zero-order valence-corrected chi connectivity index (χ0v) is 17.5. The molecule has 7 nitrogen and oxygen atoms in total. The highest BCUT2D eigenvalue weighted by Crippen LogP contribution is 2.26. The molecule has 0 atom stereocenters. The lowest BCUT2D eigenvalue weighted by molar-refractivity contribution is 0.172. The van der Waals surface area contributed by atoms with Crippen LogP contribution in [0.1, 0.15) is 11.1 Å². The molecule has 150 valence electrons. The summed E-state index contributed by atoms with van der Waals surface area (Å²) >= 11 is 1.66. The van der Waals surface area contributed by atoms with Crippen LogP contribution in [0.15, 0.2) is 52.5 Å². The Balaban J connectivity index is 1.60. The van der Waals surface area contributed by atoms with Gasteiger partial charge in [0.1, 0.15) is 5.03 Å². The molecule has 1 aliphatic rings. The van der Waals surface area contributed by atoms with Gasteiger partial charge < -0.3 is 10.6 Å². The Bertz CT molecular complexity index is 924. The van der Waals surface area contributed by atoms with E-state index in [9.17, 15) is 8.42 Å². The standard InChI is InChI=1S/C19H25N5O2S2/c1-28(25,26)17-6-4-15(5-7-17)14-27-18-16(3-2-8-22-18)13-23-9-11-24(12-10-23)19(20)21/h2-8H,9-14H2,1H3,(H3,20,21). The molecule has 1 aromatic heterocycles. The van der Waals surface area contributed by atoms with E-state index in [0.717, 1.165) is 49.1 Å². The van der Waals surface area contributed by atoms with Crippen molar-refractivity contribution in [2.75, 3.05) is 32.4 Å². The third-order valence-electron chi connectivity index (χ3n) is 4.68. The van der Waals surface area contributed by atoms with E-state index in [1.165, 1.54) is 11.8 Å². The second-order valence-corrected chi connectivity index (χ2v) is 9.80. The number of nitrogens with two attached hydrogens (primary N) is 1. The third-order valence-corrected chi connectivity index (χ3v) is 6.93. The first-order valence-electron chi connectivity index (χ1n) is 9.00. The van der Waals surface area contributed by atoms with Crippen molar-refractivity contribution >= 4 is 27.6 Å². The van der Waals surface area contributed by atoms with Gasteiger partial charge >= 0.3 is 0 Å². The van der Waals surface area contributed by atoms with Gasteiger partial charge in [0.2, 0.25) is 0 Å². The summed E-state index contributed by atoms with van der Waals surface area (Å²) in [5.41, 5.74) is 7.80. The molecule has 1 saturated heterocycles. The predicted molar refractivity (Wildman–Crippen MR) is 112 cm³/mol. The van der Waals surface area contributed by atoms with Crippen molar-refractivity contribution in [3.63, 3.8) is 0 Å². The van der Waals surface area contributed by atoms with E-state index in [0.29, 0.717) is 4.90 Å². The number of nitrogens with zero attached hydrogens (tertiary/aromatic N) is 3. The monoisotopic (exact) mass is 419 g/mol. The first-order chi connectivity index (χ1) is 13.3. The number of rotatable bonds is 6. The van der Waals surface area contributed by atoms with Crippen LogP contribution in [-0.4, -0.2) is 61.6 Å². The van der Waals surface area contributed by atoms with E-state index < -0.39 is 9.84 Å². The normalized spacial score (nSPS) is 15.5. The fourth-order valence-electron chi connectivity index (χ4n) is 3.05. The number of piperazine rings is 1. The van der Waals surface area contributed by atoms with Crippen LogP contribution in [0.2, 0.25) is 0 Å². The number of sulfone groups is 1. The Morgan fingerprint density at radius 2 is 1.86 bits per heavy atom. The van der Waals surface area contributed by atoms with Gasteiger partial charge in [-0.1, -0.05) is 18.2 Å². The maximum atomic E-state index is 11.6. The average Bonchev–Trinajstić information content (AvgIpc) is 2.67. The first kappa shape index (κ1) is 20.6. The van der Waals surface area contributed by atoms with Crippen LogP contribution in [-0.2, 0) is 22.1 Å². The summed E-state index contributed by atoms with van der Waals surface area (Å²) in [6, 6.07) is 11.1. The van der Waals surface area contributed by atoms with Crippen molar-refractivity contribution in [2.24, 2.45) is 5.73 Å². The summed E-state index contributed by atoms with van der Waals surface area (Å²) in [5, 5.41) is 8.52. The largest absolute Gasteiger partial charge is 0.370 e.